The van der Waals surface area contributed by atoms with Gasteiger partial charge in [-0.25, -0.2) is 0 Å². The summed E-state index contributed by atoms with van der Waals surface area (Å²) in [5.74, 6) is 0.657. The maximum absolute atomic E-state index is 13.3. The quantitative estimate of drug-likeness (QED) is 0.160. The molecular weight excluding hydrogens is 488 g/mol. The highest BCUT2D eigenvalue weighted by Gasteiger charge is 2.24. The third kappa shape index (κ3) is 5.47. The van der Waals surface area contributed by atoms with Gasteiger partial charge in [0.25, 0.3) is 0 Å². The Balaban J connectivity index is 1.48. The van der Waals surface area contributed by atoms with Crippen LogP contribution in [0.4, 0.5) is 0 Å². The summed E-state index contributed by atoms with van der Waals surface area (Å²) in [6.45, 7) is 21.0. The molecule has 204 valence electrons. The van der Waals surface area contributed by atoms with Crippen molar-refractivity contribution < 1.29 is 4.79 Å². The van der Waals surface area contributed by atoms with Crippen molar-refractivity contribution in [3.05, 3.63) is 132 Å². The van der Waals surface area contributed by atoms with Gasteiger partial charge in [0, 0.05) is 47.2 Å². The van der Waals surface area contributed by atoms with Crippen LogP contribution in [-0.4, -0.2) is 28.3 Å². The van der Waals surface area contributed by atoms with E-state index in [1.165, 1.54) is 16.7 Å². The van der Waals surface area contributed by atoms with Gasteiger partial charge in [-0.05, 0) is 79.8 Å². The van der Waals surface area contributed by atoms with Crippen LogP contribution in [0.2, 0.25) is 0 Å². The zero-order valence-electron chi connectivity index (χ0n) is 24.2. The summed E-state index contributed by atoms with van der Waals surface area (Å²) in [5, 5.41) is 0.925. The molecule has 0 bridgehead atoms. The lowest BCUT2D eigenvalue weighted by Crippen LogP contribution is -2.33. The minimum absolute atomic E-state index is 0.0389. The van der Waals surface area contributed by atoms with E-state index < -0.39 is 0 Å². The van der Waals surface area contributed by atoms with Gasteiger partial charge in [0.05, 0.1) is 5.52 Å². The highest BCUT2D eigenvalue weighted by atomic mass is 16.1. The Labute approximate surface area is 239 Å². The molecule has 0 saturated carbocycles. The molecule has 0 N–H and O–H groups in total. The van der Waals surface area contributed by atoms with Gasteiger partial charge in [0.1, 0.15) is 0 Å². The molecule has 1 aromatic heterocycles. The van der Waals surface area contributed by atoms with Gasteiger partial charge in [-0.15, -0.1) is 0 Å². The zero-order valence-corrected chi connectivity index (χ0v) is 24.2. The van der Waals surface area contributed by atoms with E-state index in [1.54, 1.807) is 6.92 Å². The highest BCUT2D eigenvalue weighted by molar-refractivity contribution is 6.16. The average molecular weight is 529 g/mol. The van der Waals surface area contributed by atoms with Crippen molar-refractivity contribution in [2.45, 2.75) is 46.5 Å². The van der Waals surface area contributed by atoms with Crippen LogP contribution in [0, 0.1) is 12.8 Å². The predicted octanol–water partition coefficient (Wildman–Crippen LogP) is 8.72. The molecule has 0 radical (unpaired) electrons. The van der Waals surface area contributed by atoms with Gasteiger partial charge in [-0.2, -0.15) is 0 Å². The lowest BCUT2D eigenvalue weighted by molar-refractivity contribution is 0.103. The van der Waals surface area contributed by atoms with E-state index in [-0.39, 0.29) is 5.78 Å². The van der Waals surface area contributed by atoms with Crippen molar-refractivity contribution in [1.29, 1.82) is 0 Å². The number of hydrogen-bond donors (Lipinski definition) is 0. The summed E-state index contributed by atoms with van der Waals surface area (Å²) in [7, 11) is 0. The third-order valence-corrected chi connectivity index (χ3v) is 8.39. The molecular formula is C37H40N2O. The zero-order chi connectivity index (χ0) is 28.4. The van der Waals surface area contributed by atoms with Gasteiger partial charge in [-0.1, -0.05) is 86.8 Å². The smallest absolute Gasteiger partial charge is 0.190 e. The number of Topliss-reactive ketones (excluding diaryl/α,β-unsaturated/α-hetero) is 1. The molecule has 1 aliphatic rings. The number of hydrogen-bond acceptors (Lipinski definition) is 2. The minimum atomic E-state index is -0.0389. The largest absolute Gasteiger partial charge is 0.372 e. The van der Waals surface area contributed by atoms with Crippen molar-refractivity contribution in [1.82, 2.24) is 9.47 Å². The standard InChI is InChI=1S/C37H40N2O/c1-7-31-22-36-34(35(37(40)25(2)3)24-39(36)27(5)32-15-13-26(4)14-16-32)23-33(31)28(6)38-19-17-30(18-20-38)21-29-11-9-8-10-12-29/h8-16,22-24,30H,2,5-7,17-21H2,1,3-4H3. The number of piperidine rings is 1. The SMILES string of the molecule is C=C(C)C(=O)c1cn(C(=C)c2ccc(C)cc2)c2cc(CC)c(C(=C)N3CCC(Cc4ccccc4)CC3)cc12. The minimum Gasteiger partial charge on any atom is -0.372 e. The first kappa shape index (κ1) is 27.5. The van der Waals surface area contributed by atoms with Gasteiger partial charge in [0.2, 0.25) is 0 Å². The first-order valence-corrected chi connectivity index (χ1v) is 14.4. The number of nitrogens with zero attached hydrogens (tertiary/aromatic N) is 2. The second-order valence-corrected chi connectivity index (χ2v) is 11.3. The summed E-state index contributed by atoms with van der Waals surface area (Å²) in [6.07, 6.45) is 6.26. The number of ketones is 1. The van der Waals surface area contributed by atoms with Crippen molar-refractivity contribution in [2.75, 3.05) is 13.1 Å². The van der Waals surface area contributed by atoms with Gasteiger partial charge < -0.3 is 9.47 Å². The molecule has 3 nitrogen and oxygen atoms in total. The molecule has 0 amide bonds. The summed E-state index contributed by atoms with van der Waals surface area (Å²) < 4.78 is 2.07. The molecule has 0 spiro atoms. The Morgan fingerprint density at radius 2 is 1.57 bits per heavy atom. The number of aryl methyl sites for hydroxylation is 2. The number of allylic oxidation sites excluding steroid dienone is 1. The molecule has 1 aliphatic heterocycles. The number of aromatic nitrogens is 1. The van der Waals surface area contributed by atoms with E-state index >= 15 is 0 Å². The van der Waals surface area contributed by atoms with Crippen molar-refractivity contribution in [2.24, 2.45) is 5.92 Å². The highest BCUT2D eigenvalue weighted by Crippen LogP contribution is 2.35. The van der Waals surface area contributed by atoms with E-state index in [1.807, 2.05) is 6.20 Å². The van der Waals surface area contributed by atoms with Crippen LogP contribution in [0.1, 0.15) is 64.9 Å². The van der Waals surface area contributed by atoms with Crippen LogP contribution in [-0.2, 0) is 12.8 Å². The lowest BCUT2D eigenvalue weighted by Gasteiger charge is -2.35. The fourth-order valence-corrected chi connectivity index (χ4v) is 5.92. The van der Waals surface area contributed by atoms with Crippen molar-refractivity contribution in [3.63, 3.8) is 0 Å². The molecule has 1 fully saturated rings. The van der Waals surface area contributed by atoms with Gasteiger partial charge >= 0.3 is 0 Å². The summed E-state index contributed by atoms with van der Waals surface area (Å²) in [5.41, 5.74) is 10.1. The molecule has 3 heteroatoms. The monoisotopic (exact) mass is 528 g/mol. The van der Waals surface area contributed by atoms with Crippen molar-refractivity contribution >= 4 is 28.1 Å². The lowest BCUT2D eigenvalue weighted by atomic mass is 9.89. The van der Waals surface area contributed by atoms with Gasteiger partial charge in [0.15, 0.2) is 5.78 Å². The Morgan fingerprint density at radius 3 is 2.20 bits per heavy atom. The summed E-state index contributed by atoms with van der Waals surface area (Å²) in [6, 6.07) is 23.6. The molecule has 40 heavy (non-hydrogen) atoms. The first-order chi connectivity index (χ1) is 19.3. The number of rotatable bonds is 9. The topological polar surface area (TPSA) is 25.2 Å². The fourth-order valence-electron chi connectivity index (χ4n) is 5.92. The molecule has 1 saturated heterocycles. The number of fused-ring (bicyclic) bond motifs is 1. The summed E-state index contributed by atoms with van der Waals surface area (Å²) in [4.78, 5) is 15.8. The van der Waals surface area contributed by atoms with E-state index in [2.05, 4.69) is 110 Å². The molecule has 0 unspecified atom stereocenters. The van der Waals surface area contributed by atoms with Crippen LogP contribution in [0.15, 0.2) is 98.2 Å². The van der Waals surface area contributed by atoms with Crippen LogP contribution < -0.4 is 0 Å². The van der Waals surface area contributed by atoms with Gasteiger partial charge in [-0.3, -0.25) is 4.79 Å². The normalized spacial score (nSPS) is 13.9. The van der Waals surface area contributed by atoms with E-state index in [0.717, 1.165) is 72.2 Å². The number of carbonyl (C=O) groups is 1. The molecule has 2 heterocycles. The molecule has 3 aromatic carbocycles. The first-order valence-electron chi connectivity index (χ1n) is 14.4. The number of carbonyl (C=O) groups excluding carboxylic acids is 1. The van der Waals surface area contributed by atoms with E-state index in [4.69, 9.17) is 0 Å². The molecule has 4 aromatic rings. The Kier molecular flexibility index (Phi) is 7.93. The average Bonchev–Trinajstić information content (AvgIpc) is 3.35. The van der Waals surface area contributed by atoms with Crippen LogP contribution >= 0.6 is 0 Å². The molecule has 0 atom stereocenters. The Morgan fingerprint density at radius 1 is 0.900 bits per heavy atom. The Bertz CT molecular complexity index is 1580. The van der Waals surface area contributed by atoms with Crippen molar-refractivity contribution in [3.8, 4) is 0 Å². The van der Waals surface area contributed by atoms with Crippen LogP contribution in [0.25, 0.3) is 22.3 Å². The molecule has 5 rings (SSSR count). The fraction of sp³-hybridized carbons (Fsp3) is 0.270. The maximum atomic E-state index is 13.3. The van der Waals surface area contributed by atoms with Crippen LogP contribution in [0.3, 0.4) is 0 Å². The number of likely N-dealkylation sites (tertiary alicyclic amines) is 1. The number of benzene rings is 3. The van der Waals surface area contributed by atoms with E-state index in [9.17, 15) is 4.79 Å². The second kappa shape index (κ2) is 11.6. The Hall–Kier alpha value is -4.11. The maximum Gasteiger partial charge on any atom is 0.190 e. The third-order valence-electron chi connectivity index (χ3n) is 8.39. The second-order valence-electron chi connectivity index (χ2n) is 11.3. The van der Waals surface area contributed by atoms with E-state index in [0.29, 0.717) is 17.1 Å². The van der Waals surface area contributed by atoms with Crippen LogP contribution in [0.5, 0.6) is 0 Å². The summed E-state index contributed by atoms with van der Waals surface area (Å²) >= 11 is 0. The molecule has 0 aliphatic carbocycles. The predicted molar refractivity (Wildman–Crippen MR) is 170 cm³/mol.